The SMILES string of the molecule is NS(=O)(=O)N1CCN(CC(=O)Nc2ccc(Cl)cc2Cl)CC1. The molecule has 0 saturated carbocycles. The van der Waals surface area contributed by atoms with E-state index in [1.54, 1.807) is 18.2 Å². The first kappa shape index (κ1) is 17.5. The van der Waals surface area contributed by atoms with Crippen molar-refractivity contribution in [2.24, 2.45) is 5.14 Å². The van der Waals surface area contributed by atoms with Crippen LogP contribution >= 0.6 is 23.2 Å². The molecule has 1 aliphatic rings. The monoisotopic (exact) mass is 366 g/mol. The summed E-state index contributed by atoms with van der Waals surface area (Å²) in [6, 6.07) is 4.80. The van der Waals surface area contributed by atoms with Crippen molar-refractivity contribution in [2.75, 3.05) is 38.0 Å². The minimum atomic E-state index is -3.66. The molecule has 1 amide bonds. The van der Waals surface area contributed by atoms with Crippen molar-refractivity contribution in [1.82, 2.24) is 9.21 Å². The molecule has 1 aliphatic heterocycles. The molecule has 0 unspecified atom stereocenters. The summed E-state index contributed by atoms with van der Waals surface area (Å²) in [5.74, 6) is -0.228. The maximum atomic E-state index is 12.0. The van der Waals surface area contributed by atoms with Crippen molar-refractivity contribution in [3.05, 3.63) is 28.2 Å². The number of carbonyl (C=O) groups excluding carboxylic acids is 1. The van der Waals surface area contributed by atoms with Crippen LogP contribution in [0.3, 0.4) is 0 Å². The molecule has 22 heavy (non-hydrogen) atoms. The highest BCUT2D eigenvalue weighted by atomic mass is 35.5. The van der Waals surface area contributed by atoms with E-state index in [2.05, 4.69) is 5.32 Å². The van der Waals surface area contributed by atoms with Gasteiger partial charge in [-0.15, -0.1) is 0 Å². The molecule has 1 aromatic rings. The van der Waals surface area contributed by atoms with E-state index in [1.165, 1.54) is 4.31 Å². The molecular weight excluding hydrogens is 351 g/mol. The lowest BCUT2D eigenvalue weighted by Crippen LogP contribution is -2.52. The summed E-state index contributed by atoms with van der Waals surface area (Å²) in [5.41, 5.74) is 0.485. The van der Waals surface area contributed by atoms with Crippen LogP contribution in [0.25, 0.3) is 0 Å². The second-order valence-electron chi connectivity index (χ2n) is 4.89. The molecule has 0 aromatic heterocycles. The summed E-state index contributed by atoms with van der Waals surface area (Å²) in [7, 11) is -3.66. The normalized spacial score (nSPS) is 17.4. The van der Waals surface area contributed by atoms with Crippen molar-refractivity contribution >= 4 is 45.0 Å². The highest BCUT2D eigenvalue weighted by Crippen LogP contribution is 2.25. The highest BCUT2D eigenvalue weighted by molar-refractivity contribution is 7.86. The van der Waals surface area contributed by atoms with E-state index < -0.39 is 10.2 Å². The smallest absolute Gasteiger partial charge is 0.276 e. The number of nitrogens with one attached hydrogen (secondary N) is 1. The van der Waals surface area contributed by atoms with Gasteiger partial charge in [-0.3, -0.25) is 9.69 Å². The number of carbonyl (C=O) groups is 1. The lowest BCUT2D eigenvalue weighted by Gasteiger charge is -2.32. The van der Waals surface area contributed by atoms with Gasteiger partial charge in [0.1, 0.15) is 0 Å². The van der Waals surface area contributed by atoms with E-state index in [-0.39, 0.29) is 25.5 Å². The molecule has 3 N–H and O–H groups in total. The standard InChI is InChI=1S/C12H16Cl2N4O3S/c13-9-1-2-11(10(14)7-9)16-12(19)8-17-3-5-18(6-4-17)22(15,20)21/h1-2,7H,3-6,8H2,(H,16,19)(H2,15,20,21). The Morgan fingerprint density at radius 1 is 1.23 bits per heavy atom. The van der Waals surface area contributed by atoms with Crippen LogP contribution in [0.15, 0.2) is 18.2 Å². The number of halogens is 2. The van der Waals surface area contributed by atoms with Crippen LogP contribution in [-0.4, -0.2) is 56.3 Å². The van der Waals surface area contributed by atoms with E-state index in [9.17, 15) is 13.2 Å². The Balaban J connectivity index is 1.86. The zero-order valence-corrected chi connectivity index (χ0v) is 14.0. The van der Waals surface area contributed by atoms with Gasteiger partial charge in [0.05, 0.1) is 17.3 Å². The van der Waals surface area contributed by atoms with Gasteiger partial charge in [-0.05, 0) is 18.2 Å². The van der Waals surface area contributed by atoms with E-state index in [1.807, 2.05) is 4.90 Å². The third-order valence-corrected chi connectivity index (χ3v) is 4.90. The maximum Gasteiger partial charge on any atom is 0.276 e. The Bertz CT molecular complexity index is 660. The van der Waals surface area contributed by atoms with Gasteiger partial charge in [0.2, 0.25) is 5.91 Å². The average molecular weight is 367 g/mol. The van der Waals surface area contributed by atoms with Gasteiger partial charge >= 0.3 is 0 Å². The largest absolute Gasteiger partial charge is 0.324 e. The van der Waals surface area contributed by atoms with Gasteiger partial charge in [-0.25, -0.2) is 5.14 Å². The van der Waals surface area contributed by atoms with E-state index >= 15 is 0 Å². The minimum absolute atomic E-state index is 0.150. The van der Waals surface area contributed by atoms with Crippen LogP contribution in [0.1, 0.15) is 0 Å². The summed E-state index contributed by atoms with van der Waals surface area (Å²) in [6.07, 6.45) is 0. The molecule has 7 nitrogen and oxygen atoms in total. The number of hydrogen-bond donors (Lipinski definition) is 2. The van der Waals surface area contributed by atoms with E-state index in [0.717, 1.165) is 0 Å². The fourth-order valence-corrected chi connectivity index (χ4v) is 3.25. The predicted octanol–water partition coefficient (Wildman–Crippen LogP) is 0.753. The van der Waals surface area contributed by atoms with Crippen molar-refractivity contribution in [1.29, 1.82) is 0 Å². The molecule has 1 saturated heterocycles. The lowest BCUT2D eigenvalue weighted by molar-refractivity contribution is -0.117. The fraction of sp³-hybridized carbons (Fsp3) is 0.417. The second-order valence-corrected chi connectivity index (χ2v) is 7.28. The predicted molar refractivity (Wildman–Crippen MR) is 86.2 cm³/mol. The quantitative estimate of drug-likeness (QED) is 0.821. The molecule has 1 heterocycles. The third-order valence-electron chi connectivity index (χ3n) is 3.26. The van der Waals surface area contributed by atoms with Crippen LogP contribution in [0, 0.1) is 0 Å². The van der Waals surface area contributed by atoms with Crippen molar-refractivity contribution < 1.29 is 13.2 Å². The molecule has 122 valence electrons. The Morgan fingerprint density at radius 2 is 1.86 bits per heavy atom. The number of anilines is 1. The zero-order valence-electron chi connectivity index (χ0n) is 11.6. The lowest BCUT2D eigenvalue weighted by atomic mass is 10.3. The van der Waals surface area contributed by atoms with Crippen LogP contribution in [0.2, 0.25) is 10.0 Å². The molecule has 0 bridgehead atoms. The van der Waals surface area contributed by atoms with Crippen molar-refractivity contribution in [3.63, 3.8) is 0 Å². The molecule has 0 atom stereocenters. The van der Waals surface area contributed by atoms with Crippen molar-refractivity contribution in [3.8, 4) is 0 Å². The first-order valence-corrected chi connectivity index (χ1v) is 8.77. The van der Waals surface area contributed by atoms with Crippen LogP contribution in [-0.2, 0) is 15.0 Å². The Morgan fingerprint density at radius 3 is 2.41 bits per heavy atom. The summed E-state index contributed by atoms with van der Waals surface area (Å²) in [6.45, 7) is 1.58. The summed E-state index contributed by atoms with van der Waals surface area (Å²) in [4.78, 5) is 13.8. The molecular formula is C12H16Cl2N4O3S. The molecule has 0 spiro atoms. The second kappa shape index (κ2) is 7.12. The van der Waals surface area contributed by atoms with Crippen molar-refractivity contribution in [2.45, 2.75) is 0 Å². The average Bonchev–Trinajstić information content (AvgIpc) is 2.41. The van der Waals surface area contributed by atoms with Gasteiger partial charge in [0, 0.05) is 31.2 Å². The minimum Gasteiger partial charge on any atom is -0.324 e. The number of rotatable bonds is 4. The summed E-state index contributed by atoms with van der Waals surface area (Å²) in [5, 5.41) is 8.61. The zero-order chi connectivity index (χ0) is 16.3. The van der Waals surface area contributed by atoms with E-state index in [4.69, 9.17) is 28.3 Å². The number of benzene rings is 1. The first-order chi connectivity index (χ1) is 10.3. The van der Waals surface area contributed by atoms with Gasteiger partial charge < -0.3 is 5.32 Å². The van der Waals surface area contributed by atoms with Gasteiger partial charge in [0.15, 0.2) is 0 Å². The van der Waals surface area contributed by atoms with Gasteiger partial charge in [-0.1, -0.05) is 23.2 Å². The molecule has 0 aliphatic carbocycles. The van der Waals surface area contributed by atoms with Gasteiger partial charge in [0.25, 0.3) is 10.2 Å². The summed E-state index contributed by atoms with van der Waals surface area (Å²) >= 11 is 11.8. The highest BCUT2D eigenvalue weighted by Gasteiger charge is 2.24. The topological polar surface area (TPSA) is 95.7 Å². The molecule has 2 rings (SSSR count). The number of hydrogen-bond acceptors (Lipinski definition) is 4. The van der Waals surface area contributed by atoms with E-state index in [0.29, 0.717) is 28.8 Å². The molecule has 10 heteroatoms. The van der Waals surface area contributed by atoms with Crippen LogP contribution in [0.4, 0.5) is 5.69 Å². The maximum absolute atomic E-state index is 12.0. The number of nitrogens with two attached hydrogens (primary N) is 1. The summed E-state index contributed by atoms with van der Waals surface area (Å²) < 4.78 is 23.6. The fourth-order valence-electron chi connectivity index (χ4n) is 2.13. The third kappa shape index (κ3) is 4.80. The molecule has 1 fully saturated rings. The van der Waals surface area contributed by atoms with Gasteiger partial charge in [-0.2, -0.15) is 12.7 Å². The van der Waals surface area contributed by atoms with Crippen LogP contribution < -0.4 is 10.5 Å². The number of piperazine rings is 1. The van der Waals surface area contributed by atoms with Crippen LogP contribution in [0.5, 0.6) is 0 Å². The Hall–Kier alpha value is -0.900. The Labute approximate surface area is 139 Å². The number of nitrogens with zero attached hydrogens (tertiary/aromatic N) is 2. The number of amides is 1. The first-order valence-electron chi connectivity index (χ1n) is 6.51. The Kier molecular flexibility index (Phi) is 5.65. The molecule has 0 radical (unpaired) electrons. The molecule has 1 aromatic carbocycles.